The lowest BCUT2D eigenvalue weighted by molar-refractivity contribution is -0.137. The smallest absolute Gasteiger partial charge is 0.243 e. The van der Waals surface area contributed by atoms with E-state index < -0.39 is 15.6 Å². The number of amides is 1. The van der Waals surface area contributed by atoms with E-state index in [0.29, 0.717) is 43.4 Å². The van der Waals surface area contributed by atoms with Crippen molar-refractivity contribution in [2.45, 2.75) is 56.9 Å². The van der Waals surface area contributed by atoms with Gasteiger partial charge in [0.1, 0.15) is 0 Å². The number of nitrogens with two attached hydrogens (primary N) is 1. The molecular formula is C19H32ClN3O3S. The number of nitrogens with zero attached hydrogens (tertiary/aromatic N) is 2. The van der Waals surface area contributed by atoms with E-state index in [4.69, 9.17) is 5.73 Å². The largest absolute Gasteiger partial charge is 0.338 e. The van der Waals surface area contributed by atoms with Crippen molar-refractivity contribution in [1.82, 2.24) is 9.21 Å². The number of hydrogen-bond acceptors (Lipinski definition) is 4. The van der Waals surface area contributed by atoms with Crippen molar-refractivity contribution in [3.63, 3.8) is 0 Å². The standard InChI is InChI=1S/C19H31N3O3S.ClH/c1-5-10-19(4,20)18(23)21-11-13-22(14-12-21)26(24,25)17-8-6-16(7-9-17)15(2)3;/h6-9,15H,5,10-14,20H2,1-4H3;1H. The van der Waals surface area contributed by atoms with Crippen LogP contribution in [-0.4, -0.2) is 55.2 Å². The molecule has 1 aliphatic heterocycles. The lowest BCUT2D eigenvalue weighted by Crippen LogP contribution is -2.58. The molecule has 0 saturated carbocycles. The van der Waals surface area contributed by atoms with Crippen LogP contribution >= 0.6 is 12.4 Å². The van der Waals surface area contributed by atoms with Gasteiger partial charge in [-0.15, -0.1) is 12.4 Å². The Bertz CT molecular complexity index is 725. The summed E-state index contributed by atoms with van der Waals surface area (Å²) in [4.78, 5) is 14.6. The van der Waals surface area contributed by atoms with Crippen molar-refractivity contribution in [3.05, 3.63) is 29.8 Å². The minimum Gasteiger partial charge on any atom is -0.338 e. The van der Waals surface area contributed by atoms with Crippen molar-refractivity contribution < 1.29 is 13.2 Å². The van der Waals surface area contributed by atoms with E-state index in [2.05, 4.69) is 13.8 Å². The fourth-order valence-corrected chi connectivity index (χ4v) is 4.71. The number of sulfonamides is 1. The van der Waals surface area contributed by atoms with E-state index in [9.17, 15) is 13.2 Å². The van der Waals surface area contributed by atoms with Gasteiger partial charge in [0.05, 0.1) is 10.4 Å². The topological polar surface area (TPSA) is 83.7 Å². The molecule has 1 aromatic rings. The lowest BCUT2D eigenvalue weighted by Gasteiger charge is -2.38. The van der Waals surface area contributed by atoms with Crippen LogP contribution in [0.15, 0.2) is 29.2 Å². The van der Waals surface area contributed by atoms with Crippen molar-refractivity contribution in [1.29, 1.82) is 0 Å². The molecule has 8 heteroatoms. The zero-order valence-corrected chi connectivity index (χ0v) is 18.3. The summed E-state index contributed by atoms with van der Waals surface area (Å²) in [5, 5.41) is 0. The van der Waals surface area contributed by atoms with Crippen LogP contribution in [0.2, 0.25) is 0 Å². The molecule has 0 radical (unpaired) electrons. The summed E-state index contributed by atoms with van der Waals surface area (Å²) in [6, 6.07) is 7.06. The first kappa shape index (κ1) is 23.9. The van der Waals surface area contributed by atoms with Gasteiger partial charge in [-0.1, -0.05) is 39.3 Å². The molecule has 27 heavy (non-hydrogen) atoms. The van der Waals surface area contributed by atoms with E-state index >= 15 is 0 Å². The van der Waals surface area contributed by atoms with Crippen LogP contribution in [0.25, 0.3) is 0 Å². The van der Waals surface area contributed by atoms with Gasteiger partial charge in [0.15, 0.2) is 0 Å². The average Bonchev–Trinajstić information content (AvgIpc) is 2.61. The number of halogens is 1. The van der Waals surface area contributed by atoms with Gasteiger partial charge in [-0.3, -0.25) is 4.79 Å². The van der Waals surface area contributed by atoms with Crippen LogP contribution in [0.1, 0.15) is 52.0 Å². The third kappa shape index (κ3) is 5.44. The Labute approximate surface area is 169 Å². The third-order valence-corrected chi connectivity index (χ3v) is 6.88. The van der Waals surface area contributed by atoms with Crippen molar-refractivity contribution in [2.75, 3.05) is 26.2 Å². The maximum atomic E-state index is 12.8. The Balaban J connectivity index is 0.00000364. The molecule has 1 atom stereocenters. The highest BCUT2D eigenvalue weighted by atomic mass is 35.5. The Kier molecular flexibility index (Phi) is 8.29. The molecule has 2 rings (SSSR count). The maximum Gasteiger partial charge on any atom is 0.243 e. The Morgan fingerprint density at radius 1 is 1.15 bits per heavy atom. The van der Waals surface area contributed by atoms with E-state index in [1.54, 1.807) is 24.0 Å². The fraction of sp³-hybridized carbons (Fsp3) is 0.632. The maximum absolute atomic E-state index is 12.8. The van der Waals surface area contributed by atoms with Crippen LogP contribution in [0.3, 0.4) is 0 Å². The van der Waals surface area contributed by atoms with Crippen LogP contribution in [0.4, 0.5) is 0 Å². The summed E-state index contributed by atoms with van der Waals surface area (Å²) in [7, 11) is -3.54. The SMILES string of the molecule is CCCC(C)(N)C(=O)N1CCN(S(=O)(=O)c2ccc(C(C)C)cc2)CC1.Cl. The van der Waals surface area contributed by atoms with Crippen LogP contribution in [-0.2, 0) is 14.8 Å². The van der Waals surface area contributed by atoms with Gasteiger partial charge in [0.2, 0.25) is 15.9 Å². The lowest BCUT2D eigenvalue weighted by atomic mass is 9.95. The second-order valence-corrected chi connectivity index (χ2v) is 9.53. The number of hydrogen-bond donors (Lipinski definition) is 1. The first-order chi connectivity index (χ1) is 12.1. The normalized spacial score (nSPS) is 18.1. The molecule has 1 unspecified atom stereocenters. The molecule has 0 bridgehead atoms. The van der Waals surface area contributed by atoms with E-state index in [1.165, 1.54) is 4.31 Å². The summed E-state index contributed by atoms with van der Waals surface area (Å²) in [6.07, 6.45) is 1.45. The molecule has 1 fully saturated rings. The molecular weight excluding hydrogens is 386 g/mol. The summed E-state index contributed by atoms with van der Waals surface area (Å²) in [5.41, 5.74) is 6.35. The minimum atomic E-state index is -3.54. The molecule has 1 saturated heterocycles. The first-order valence-electron chi connectivity index (χ1n) is 9.28. The molecule has 1 heterocycles. The highest BCUT2D eigenvalue weighted by Gasteiger charge is 2.36. The second-order valence-electron chi connectivity index (χ2n) is 7.59. The average molecular weight is 418 g/mol. The molecule has 2 N–H and O–H groups in total. The molecule has 0 spiro atoms. The fourth-order valence-electron chi connectivity index (χ4n) is 3.29. The molecule has 154 valence electrons. The van der Waals surface area contributed by atoms with E-state index in [0.717, 1.165) is 12.0 Å². The second kappa shape index (κ2) is 9.37. The summed E-state index contributed by atoms with van der Waals surface area (Å²) in [6.45, 7) is 9.22. The highest BCUT2D eigenvalue weighted by molar-refractivity contribution is 7.89. The van der Waals surface area contributed by atoms with E-state index in [1.807, 2.05) is 19.1 Å². The van der Waals surface area contributed by atoms with Crippen molar-refractivity contribution >= 4 is 28.3 Å². The molecule has 0 aromatic heterocycles. The predicted octanol–water partition coefficient (Wildman–Crippen LogP) is 2.58. The Morgan fingerprint density at radius 2 is 1.67 bits per heavy atom. The zero-order chi connectivity index (χ0) is 19.5. The van der Waals surface area contributed by atoms with Gasteiger partial charge in [-0.05, 0) is 37.0 Å². The van der Waals surface area contributed by atoms with Crippen molar-refractivity contribution in [2.24, 2.45) is 5.73 Å². The summed E-state index contributed by atoms with van der Waals surface area (Å²) < 4.78 is 27.1. The Hall–Kier alpha value is -1.15. The van der Waals surface area contributed by atoms with Crippen LogP contribution in [0.5, 0.6) is 0 Å². The number of carbonyl (C=O) groups excluding carboxylic acids is 1. The molecule has 1 aliphatic rings. The summed E-state index contributed by atoms with van der Waals surface area (Å²) in [5.74, 6) is 0.257. The van der Waals surface area contributed by atoms with Gasteiger partial charge in [-0.2, -0.15) is 4.31 Å². The van der Waals surface area contributed by atoms with Crippen LogP contribution < -0.4 is 5.73 Å². The molecule has 0 aliphatic carbocycles. The molecule has 1 amide bonds. The van der Waals surface area contributed by atoms with Gasteiger partial charge in [0, 0.05) is 26.2 Å². The van der Waals surface area contributed by atoms with Gasteiger partial charge in [-0.25, -0.2) is 8.42 Å². The van der Waals surface area contributed by atoms with Gasteiger partial charge < -0.3 is 10.6 Å². The first-order valence-corrected chi connectivity index (χ1v) is 10.7. The highest BCUT2D eigenvalue weighted by Crippen LogP contribution is 2.22. The number of rotatable bonds is 6. The quantitative estimate of drug-likeness (QED) is 0.770. The molecule has 1 aromatic carbocycles. The van der Waals surface area contributed by atoms with Crippen molar-refractivity contribution in [3.8, 4) is 0 Å². The monoisotopic (exact) mass is 417 g/mol. The van der Waals surface area contributed by atoms with Crippen LogP contribution in [0, 0.1) is 0 Å². The third-order valence-electron chi connectivity index (χ3n) is 4.97. The number of carbonyl (C=O) groups is 1. The summed E-state index contributed by atoms with van der Waals surface area (Å²) >= 11 is 0. The molecule has 6 nitrogen and oxygen atoms in total. The zero-order valence-electron chi connectivity index (χ0n) is 16.6. The van der Waals surface area contributed by atoms with Gasteiger partial charge in [0.25, 0.3) is 0 Å². The van der Waals surface area contributed by atoms with Gasteiger partial charge >= 0.3 is 0 Å². The number of benzene rings is 1. The minimum absolute atomic E-state index is 0. The number of piperazine rings is 1. The van der Waals surface area contributed by atoms with E-state index in [-0.39, 0.29) is 18.3 Å². The predicted molar refractivity (Wildman–Crippen MR) is 111 cm³/mol. The Morgan fingerprint density at radius 3 is 2.11 bits per heavy atom.